The zero-order chi connectivity index (χ0) is 11.2. The largest absolute Gasteiger partial charge is 0.369 e. The summed E-state index contributed by atoms with van der Waals surface area (Å²) in [5.41, 5.74) is 10.6. The minimum absolute atomic E-state index is 0.137. The van der Waals surface area contributed by atoms with Gasteiger partial charge in [-0.25, -0.2) is 0 Å². The van der Waals surface area contributed by atoms with E-state index in [1.54, 1.807) is 0 Å². The lowest BCUT2D eigenvalue weighted by atomic mass is 10.0. The maximum Gasteiger partial charge on any atom is 0.221 e. The summed E-state index contributed by atoms with van der Waals surface area (Å²) < 4.78 is 0.962. The molecule has 0 saturated heterocycles. The molecule has 0 aromatic rings. The molecular weight excluding hydrogens is 178 g/mol. The number of primary amides is 1. The van der Waals surface area contributed by atoms with Crippen LogP contribution in [0.3, 0.4) is 0 Å². The van der Waals surface area contributed by atoms with Crippen LogP contribution in [-0.2, 0) is 4.79 Å². The molecule has 4 N–H and O–H groups in total. The number of unbranched alkanes of at least 4 members (excludes halogenated alkanes) is 1. The van der Waals surface area contributed by atoms with Gasteiger partial charge in [-0.2, -0.15) is 0 Å². The van der Waals surface area contributed by atoms with Crippen LogP contribution in [0, 0.1) is 5.92 Å². The van der Waals surface area contributed by atoms with E-state index in [0.29, 0.717) is 6.54 Å². The summed E-state index contributed by atoms with van der Waals surface area (Å²) in [6, 6.07) is 0. The number of amides is 1. The van der Waals surface area contributed by atoms with Gasteiger partial charge in [0, 0.05) is 12.5 Å². The third kappa shape index (κ3) is 6.86. The minimum atomic E-state index is -0.266. The first-order chi connectivity index (χ1) is 6.37. The van der Waals surface area contributed by atoms with Gasteiger partial charge in [0.15, 0.2) is 0 Å². The summed E-state index contributed by atoms with van der Waals surface area (Å²) in [5.74, 6) is -0.403. The van der Waals surface area contributed by atoms with Gasteiger partial charge in [-0.05, 0) is 19.3 Å². The van der Waals surface area contributed by atoms with Crippen LogP contribution in [0.15, 0.2) is 0 Å². The van der Waals surface area contributed by atoms with Crippen LogP contribution in [0.25, 0.3) is 0 Å². The SMILES string of the molecule is C[N+](C)(C)CCCCC(CN)C(N)=O. The number of carbonyl (C=O) groups is 1. The molecule has 0 heterocycles. The Hall–Kier alpha value is -0.610. The van der Waals surface area contributed by atoms with Crippen LogP contribution < -0.4 is 11.5 Å². The molecule has 0 saturated carbocycles. The summed E-state index contributed by atoms with van der Waals surface area (Å²) >= 11 is 0. The predicted molar refractivity (Wildman–Crippen MR) is 58.5 cm³/mol. The Morgan fingerprint density at radius 1 is 1.29 bits per heavy atom. The topological polar surface area (TPSA) is 69.1 Å². The fourth-order valence-electron chi connectivity index (χ4n) is 1.35. The molecule has 1 unspecified atom stereocenters. The van der Waals surface area contributed by atoms with E-state index in [1.165, 1.54) is 0 Å². The Kier molecular flexibility index (Phi) is 5.72. The first kappa shape index (κ1) is 13.4. The second-order valence-electron chi connectivity index (χ2n) is 4.84. The van der Waals surface area contributed by atoms with Crippen molar-refractivity contribution in [2.75, 3.05) is 34.2 Å². The highest BCUT2D eigenvalue weighted by Gasteiger charge is 2.13. The van der Waals surface area contributed by atoms with E-state index < -0.39 is 0 Å². The van der Waals surface area contributed by atoms with Crippen LogP contribution >= 0.6 is 0 Å². The Bertz CT molecular complexity index is 175. The van der Waals surface area contributed by atoms with Gasteiger partial charge < -0.3 is 16.0 Å². The van der Waals surface area contributed by atoms with Crippen LogP contribution in [0.4, 0.5) is 0 Å². The van der Waals surface area contributed by atoms with Crippen molar-refractivity contribution in [3.8, 4) is 0 Å². The molecule has 1 amide bonds. The maximum atomic E-state index is 10.9. The van der Waals surface area contributed by atoms with E-state index in [2.05, 4.69) is 21.1 Å². The molecular formula is C10H24N3O+. The molecule has 0 aliphatic carbocycles. The molecule has 0 rings (SSSR count). The van der Waals surface area contributed by atoms with Crippen molar-refractivity contribution in [2.24, 2.45) is 17.4 Å². The van der Waals surface area contributed by atoms with Crippen molar-refractivity contribution >= 4 is 5.91 Å². The lowest BCUT2D eigenvalue weighted by Gasteiger charge is -2.23. The van der Waals surface area contributed by atoms with E-state index in [4.69, 9.17) is 11.5 Å². The molecule has 0 spiro atoms. The monoisotopic (exact) mass is 202 g/mol. The highest BCUT2D eigenvalue weighted by molar-refractivity contribution is 5.76. The van der Waals surface area contributed by atoms with E-state index in [1.807, 2.05) is 0 Å². The molecule has 0 bridgehead atoms. The van der Waals surface area contributed by atoms with Crippen molar-refractivity contribution in [2.45, 2.75) is 19.3 Å². The Morgan fingerprint density at radius 2 is 1.86 bits per heavy atom. The number of nitrogens with zero attached hydrogens (tertiary/aromatic N) is 1. The zero-order valence-corrected chi connectivity index (χ0v) is 9.62. The molecule has 4 nitrogen and oxygen atoms in total. The van der Waals surface area contributed by atoms with Gasteiger partial charge in [-0.15, -0.1) is 0 Å². The average Bonchev–Trinajstić information content (AvgIpc) is 2.01. The van der Waals surface area contributed by atoms with Crippen molar-refractivity contribution in [1.82, 2.24) is 0 Å². The molecule has 0 fully saturated rings. The van der Waals surface area contributed by atoms with Gasteiger partial charge in [0.2, 0.25) is 5.91 Å². The van der Waals surface area contributed by atoms with Crippen molar-refractivity contribution < 1.29 is 9.28 Å². The zero-order valence-electron chi connectivity index (χ0n) is 9.62. The van der Waals surface area contributed by atoms with Crippen LogP contribution in [-0.4, -0.2) is 44.6 Å². The van der Waals surface area contributed by atoms with Crippen LogP contribution in [0.2, 0.25) is 0 Å². The average molecular weight is 202 g/mol. The molecule has 0 aliphatic rings. The molecule has 84 valence electrons. The van der Waals surface area contributed by atoms with Gasteiger partial charge in [0.1, 0.15) is 0 Å². The normalized spacial score (nSPS) is 14.0. The fourth-order valence-corrected chi connectivity index (χ4v) is 1.35. The van der Waals surface area contributed by atoms with E-state index >= 15 is 0 Å². The van der Waals surface area contributed by atoms with Gasteiger partial charge in [0.25, 0.3) is 0 Å². The van der Waals surface area contributed by atoms with Crippen molar-refractivity contribution in [3.05, 3.63) is 0 Å². The summed E-state index contributed by atoms with van der Waals surface area (Å²) in [6.07, 6.45) is 2.97. The Morgan fingerprint density at radius 3 is 2.21 bits per heavy atom. The van der Waals surface area contributed by atoms with Crippen LogP contribution in [0.5, 0.6) is 0 Å². The summed E-state index contributed by atoms with van der Waals surface area (Å²) in [6.45, 7) is 1.50. The number of hydrogen-bond acceptors (Lipinski definition) is 2. The molecule has 0 aliphatic heterocycles. The number of nitrogens with two attached hydrogens (primary N) is 2. The number of hydrogen-bond donors (Lipinski definition) is 2. The standard InChI is InChI=1S/C10H23N3O/c1-13(2,3)7-5-4-6-9(8-11)10(12)14/h9H,4-8,11H2,1-3H3,(H-,12,14)/p+1. The molecule has 14 heavy (non-hydrogen) atoms. The van der Waals surface area contributed by atoms with E-state index in [9.17, 15) is 4.79 Å². The third-order valence-electron chi connectivity index (χ3n) is 2.32. The van der Waals surface area contributed by atoms with Crippen LogP contribution in [0.1, 0.15) is 19.3 Å². The lowest BCUT2D eigenvalue weighted by molar-refractivity contribution is -0.870. The lowest BCUT2D eigenvalue weighted by Crippen LogP contribution is -2.35. The third-order valence-corrected chi connectivity index (χ3v) is 2.32. The minimum Gasteiger partial charge on any atom is -0.369 e. The second-order valence-corrected chi connectivity index (χ2v) is 4.84. The summed E-state index contributed by atoms with van der Waals surface area (Å²) in [4.78, 5) is 10.9. The van der Waals surface area contributed by atoms with Gasteiger partial charge in [0.05, 0.1) is 27.7 Å². The number of carbonyl (C=O) groups excluding carboxylic acids is 1. The predicted octanol–water partition coefficient (Wildman–Crippen LogP) is -0.0769. The smallest absolute Gasteiger partial charge is 0.221 e. The Labute approximate surface area is 86.8 Å². The number of quaternary nitrogens is 1. The first-order valence-corrected chi connectivity index (χ1v) is 5.16. The highest BCUT2D eigenvalue weighted by Crippen LogP contribution is 2.08. The highest BCUT2D eigenvalue weighted by atomic mass is 16.1. The quantitative estimate of drug-likeness (QED) is 0.448. The fraction of sp³-hybridized carbons (Fsp3) is 0.900. The maximum absolute atomic E-state index is 10.9. The Balaban J connectivity index is 3.58. The van der Waals surface area contributed by atoms with Gasteiger partial charge in [-0.3, -0.25) is 4.79 Å². The first-order valence-electron chi connectivity index (χ1n) is 5.16. The number of rotatable bonds is 7. The van der Waals surface area contributed by atoms with Gasteiger partial charge >= 0.3 is 0 Å². The molecule has 4 heteroatoms. The molecule has 0 radical (unpaired) electrons. The van der Waals surface area contributed by atoms with E-state index in [0.717, 1.165) is 30.3 Å². The van der Waals surface area contributed by atoms with Gasteiger partial charge in [-0.1, -0.05) is 0 Å². The molecule has 0 aromatic carbocycles. The summed E-state index contributed by atoms with van der Waals surface area (Å²) in [5, 5.41) is 0. The van der Waals surface area contributed by atoms with Crippen molar-refractivity contribution in [1.29, 1.82) is 0 Å². The van der Waals surface area contributed by atoms with Crippen molar-refractivity contribution in [3.63, 3.8) is 0 Å². The molecule has 0 aromatic heterocycles. The summed E-state index contributed by atoms with van der Waals surface area (Å²) in [7, 11) is 6.48. The van der Waals surface area contributed by atoms with E-state index in [-0.39, 0.29) is 11.8 Å². The molecule has 1 atom stereocenters. The second kappa shape index (κ2) is 5.98.